The third-order valence-corrected chi connectivity index (χ3v) is 6.59. The summed E-state index contributed by atoms with van der Waals surface area (Å²) in [6, 6.07) is 17.9. The van der Waals surface area contributed by atoms with E-state index in [1.165, 1.54) is 16.0 Å². The van der Waals surface area contributed by atoms with Crippen LogP contribution < -0.4 is 15.0 Å². The molecule has 0 fully saturated rings. The van der Waals surface area contributed by atoms with Crippen LogP contribution >= 0.6 is 11.3 Å². The highest BCUT2D eigenvalue weighted by Crippen LogP contribution is 2.38. The van der Waals surface area contributed by atoms with Gasteiger partial charge in [-0.15, -0.1) is 11.3 Å². The number of aromatic nitrogens is 3. The van der Waals surface area contributed by atoms with Gasteiger partial charge >= 0.3 is 0 Å². The quantitative estimate of drug-likeness (QED) is 0.405. The number of benzene rings is 2. The fraction of sp³-hybridized carbons (Fsp3) is 0.160. The number of pyridine rings is 1. The third kappa shape index (κ3) is 3.31. The lowest BCUT2D eigenvalue weighted by Gasteiger charge is -2.18. The Bertz CT molecular complexity index is 1520. The largest absolute Gasteiger partial charge is 0.486 e. The Kier molecular flexibility index (Phi) is 4.61. The molecule has 0 amide bonds. The molecule has 6 rings (SSSR count). The molecule has 5 aromatic rings. The summed E-state index contributed by atoms with van der Waals surface area (Å²) in [6.07, 6.45) is 2.41. The van der Waals surface area contributed by atoms with Crippen molar-refractivity contribution in [2.45, 2.75) is 13.0 Å². The molecule has 158 valence electrons. The highest BCUT2D eigenvalue weighted by atomic mass is 32.1. The van der Waals surface area contributed by atoms with Gasteiger partial charge in [0.15, 0.2) is 11.5 Å². The molecule has 0 saturated carbocycles. The minimum atomic E-state index is -0.0885. The van der Waals surface area contributed by atoms with Crippen LogP contribution in [-0.2, 0) is 13.0 Å². The summed E-state index contributed by atoms with van der Waals surface area (Å²) in [5.74, 6) is 1.45. The van der Waals surface area contributed by atoms with E-state index >= 15 is 0 Å². The van der Waals surface area contributed by atoms with Crippen molar-refractivity contribution in [1.29, 1.82) is 0 Å². The average Bonchev–Trinajstić information content (AvgIpc) is 3.28. The summed E-state index contributed by atoms with van der Waals surface area (Å²) in [5, 5.41) is 8.21. The van der Waals surface area contributed by atoms with Crippen LogP contribution in [0.25, 0.3) is 32.1 Å². The van der Waals surface area contributed by atoms with Crippen LogP contribution in [0.1, 0.15) is 5.69 Å². The Hall–Kier alpha value is -3.71. The van der Waals surface area contributed by atoms with Gasteiger partial charge in [-0.2, -0.15) is 5.10 Å². The van der Waals surface area contributed by atoms with Gasteiger partial charge in [0.2, 0.25) is 0 Å². The number of hydrogen-bond acceptors (Lipinski definition) is 6. The Morgan fingerprint density at radius 3 is 2.81 bits per heavy atom. The third-order valence-electron chi connectivity index (χ3n) is 5.67. The Morgan fingerprint density at radius 1 is 1.00 bits per heavy atom. The number of rotatable bonds is 4. The molecule has 0 spiro atoms. The molecule has 0 bridgehead atoms. The zero-order valence-electron chi connectivity index (χ0n) is 17.2. The Balaban J connectivity index is 1.34. The molecule has 0 aliphatic carbocycles. The van der Waals surface area contributed by atoms with Gasteiger partial charge in [-0.25, -0.2) is 4.68 Å². The second kappa shape index (κ2) is 7.76. The lowest BCUT2D eigenvalue weighted by molar-refractivity contribution is 0.171. The van der Waals surface area contributed by atoms with Gasteiger partial charge in [-0.1, -0.05) is 30.3 Å². The fourth-order valence-electron chi connectivity index (χ4n) is 4.04. The second-order valence-electron chi connectivity index (χ2n) is 7.67. The molecular formula is C25H19N3O3S. The number of ether oxygens (including phenoxy) is 2. The predicted molar refractivity (Wildman–Crippen MR) is 126 cm³/mol. The maximum absolute atomic E-state index is 13.3. The molecule has 2 aromatic carbocycles. The Morgan fingerprint density at radius 2 is 1.88 bits per heavy atom. The number of hydrogen-bond donors (Lipinski definition) is 0. The Labute approximate surface area is 187 Å². The molecule has 3 aromatic heterocycles. The van der Waals surface area contributed by atoms with Crippen molar-refractivity contribution in [3.63, 3.8) is 0 Å². The molecule has 1 aliphatic rings. The molecule has 0 atom stereocenters. The normalized spacial score (nSPS) is 13.0. The molecule has 0 unspecified atom stereocenters. The number of nitrogens with zero attached hydrogens (tertiary/aromatic N) is 3. The van der Waals surface area contributed by atoms with Gasteiger partial charge in [-0.3, -0.25) is 9.78 Å². The van der Waals surface area contributed by atoms with E-state index in [1.54, 1.807) is 6.20 Å². The first-order valence-corrected chi connectivity index (χ1v) is 11.4. The van der Waals surface area contributed by atoms with E-state index in [2.05, 4.69) is 11.2 Å². The van der Waals surface area contributed by atoms with E-state index in [0.29, 0.717) is 37.3 Å². The highest BCUT2D eigenvalue weighted by molar-refractivity contribution is 7.17. The molecule has 0 N–H and O–H groups in total. The van der Waals surface area contributed by atoms with Crippen molar-refractivity contribution in [3.05, 3.63) is 82.2 Å². The molecular weight excluding hydrogens is 422 g/mol. The smallest absolute Gasteiger partial charge is 0.276 e. The topological polar surface area (TPSA) is 66.2 Å². The lowest BCUT2D eigenvalue weighted by Crippen LogP contribution is -2.23. The van der Waals surface area contributed by atoms with Crippen LogP contribution in [0, 0.1) is 0 Å². The SMILES string of the molecule is O=c1c2c(-c3ccc4c(c3)OCCO4)csc2cnn1CCc1ccc2ccccc2n1. The number of thiophene rings is 1. The molecule has 7 heteroatoms. The van der Waals surface area contributed by atoms with Crippen molar-refractivity contribution in [2.24, 2.45) is 0 Å². The molecule has 32 heavy (non-hydrogen) atoms. The zero-order chi connectivity index (χ0) is 21.5. The highest BCUT2D eigenvalue weighted by Gasteiger charge is 2.17. The molecule has 0 radical (unpaired) electrons. The van der Waals surface area contributed by atoms with E-state index in [1.807, 2.05) is 53.9 Å². The van der Waals surface area contributed by atoms with Gasteiger partial charge in [0, 0.05) is 28.4 Å². The van der Waals surface area contributed by atoms with Crippen molar-refractivity contribution in [3.8, 4) is 22.6 Å². The van der Waals surface area contributed by atoms with Crippen molar-refractivity contribution in [2.75, 3.05) is 13.2 Å². The van der Waals surface area contributed by atoms with Crippen LogP contribution in [0.5, 0.6) is 11.5 Å². The summed E-state index contributed by atoms with van der Waals surface area (Å²) >= 11 is 1.52. The van der Waals surface area contributed by atoms with Crippen LogP contribution in [0.3, 0.4) is 0 Å². The molecule has 4 heterocycles. The average molecular weight is 442 g/mol. The number of fused-ring (bicyclic) bond motifs is 3. The van der Waals surface area contributed by atoms with Crippen LogP contribution in [0.15, 0.2) is 71.0 Å². The summed E-state index contributed by atoms with van der Waals surface area (Å²) in [4.78, 5) is 18.0. The number of aryl methyl sites for hydroxylation is 2. The number of para-hydroxylation sites is 1. The fourth-order valence-corrected chi connectivity index (χ4v) is 4.96. The minimum Gasteiger partial charge on any atom is -0.486 e. The monoisotopic (exact) mass is 441 g/mol. The van der Waals surface area contributed by atoms with Gasteiger partial charge in [-0.05, 0) is 29.8 Å². The van der Waals surface area contributed by atoms with Gasteiger partial charge < -0.3 is 9.47 Å². The molecule has 6 nitrogen and oxygen atoms in total. The second-order valence-corrected chi connectivity index (χ2v) is 8.58. The van der Waals surface area contributed by atoms with Crippen LogP contribution in [-0.4, -0.2) is 28.0 Å². The molecule has 0 saturated heterocycles. The van der Waals surface area contributed by atoms with Gasteiger partial charge in [0.1, 0.15) is 13.2 Å². The zero-order valence-corrected chi connectivity index (χ0v) is 18.0. The lowest BCUT2D eigenvalue weighted by atomic mass is 10.1. The van der Waals surface area contributed by atoms with Crippen LogP contribution in [0.2, 0.25) is 0 Å². The summed E-state index contributed by atoms with van der Waals surface area (Å²) in [5.41, 5.74) is 3.64. The van der Waals surface area contributed by atoms with Gasteiger partial charge in [0.05, 0.1) is 28.3 Å². The van der Waals surface area contributed by atoms with Crippen molar-refractivity contribution >= 4 is 32.3 Å². The van der Waals surface area contributed by atoms with E-state index in [4.69, 9.17) is 14.5 Å². The maximum atomic E-state index is 13.3. The van der Waals surface area contributed by atoms with E-state index in [-0.39, 0.29) is 5.56 Å². The van der Waals surface area contributed by atoms with E-state index < -0.39 is 0 Å². The summed E-state index contributed by atoms with van der Waals surface area (Å²) in [7, 11) is 0. The first-order chi connectivity index (χ1) is 15.8. The van der Waals surface area contributed by atoms with Crippen molar-refractivity contribution in [1.82, 2.24) is 14.8 Å². The first kappa shape index (κ1) is 19.0. The van der Waals surface area contributed by atoms with Crippen molar-refractivity contribution < 1.29 is 9.47 Å². The minimum absolute atomic E-state index is 0.0885. The first-order valence-electron chi connectivity index (χ1n) is 10.5. The maximum Gasteiger partial charge on any atom is 0.276 e. The summed E-state index contributed by atoms with van der Waals surface area (Å²) < 4.78 is 13.8. The molecule has 1 aliphatic heterocycles. The van der Waals surface area contributed by atoms with Crippen LogP contribution in [0.4, 0.5) is 0 Å². The summed E-state index contributed by atoms with van der Waals surface area (Å²) in [6.45, 7) is 1.55. The van der Waals surface area contributed by atoms with Gasteiger partial charge in [0.25, 0.3) is 5.56 Å². The van der Waals surface area contributed by atoms with E-state index in [9.17, 15) is 4.79 Å². The van der Waals surface area contributed by atoms with E-state index in [0.717, 1.165) is 38.2 Å². The standard InChI is InChI=1S/C25H19N3O3S/c29-25-24-19(17-6-8-21-22(13-17)31-12-11-30-21)15-32-23(24)14-26-28(25)10-9-18-7-5-16-3-1-2-4-20(16)27-18/h1-8,13-15H,9-12H2. The predicted octanol–water partition coefficient (Wildman–Crippen LogP) is 4.69.